The summed E-state index contributed by atoms with van der Waals surface area (Å²) in [6.45, 7) is 1.04. The van der Waals surface area contributed by atoms with Gasteiger partial charge in [0, 0.05) is 30.4 Å². The first kappa shape index (κ1) is 17.4. The highest BCUT2D eigenvalue weighted by atomic mass is 32.1. The van der Waals surface area contributed by atoms with Crippen molar-refractivity contribution in [1.29, 1.82) is 0 Å². The lowest BCUT2D eigenvalue weighted by atomic mass is 10.1. The van der Waals surface area contributed by atoms with Gasteiger partial charge < -0.3 is 14.8 Å². The molecule has 6 heteroatoms. The lowest BCUT2D eigenvalue weighted by molar-refractivity contribution is 0.404. The number of benzene rings is 2. The molecule has 130 valence electrons. The van der Waals surface area contributed by atoms with Crippen LogP contribution in [0.3, 0.4) is 0 Å². The smallest absolute Gasteiger partial charge is 0.127 e. The van der Waals surface area contributed by atoms with Crippen molar-refractivity contribution < 1.29 is 13.9 Å². The molecule has 0 fully saturated rings. The molecule has 0 saturated carbocycles. The Morgan fingerprint density at radius 3 is 2.68 bits per heavy atom. The van der Waals surface area contributed by atoms with Crippen molar-refractivity contribution in [2.24, 2.45) is 0 Å². The maximum Gasteiger partial charge on any atom is 0.127 e. The van der Waals surface area contributed by atoms with Crippen LogP contribution in [0.5, 0.6) is 11.5 Å². The third-order valence-corrected chi connectivity index (χ3v) is 4.81. The Labute approximate surface area is 150 Å². The van der Waals surface area contributed by atoms with Crippen LogP contribution >= 0.6 is 11.3 Å². The molecule has 2 aromatic carbocycles. The number of hydrogen-bond acceptors (Lipinski definition) is 5. The van der Waals surface area contributed by atoms with Gasteiger partial charge in [-0.1, -0.05) is 18.2 Å². The van der Waals surface area contributed by atoms with E-state index in [0.717, 1.165) is 26.9 Å². The fourth-order valence-corrected chi connectivity index (χ4v) is 3.38. The second-order valence-electron chi connectivity index (χ2n) is 5.38. The van der Waals surface area contributed by atoms with Crippen molar-refractivity contribution in [3.05, 3.63) is 65.0 Å². The van der Waals surface area contributed by atoms with Gasteiger partial charge in [-0.25, -0.2) is 9.37 Å². The Kier molecular flexibility index (Phi) is 5.63. The van der Waals surface area contributed by atoms with E-state index in [4.69, 9.17) is 9.47 Å². The van der Waals surface area contributed by atoms with Crippen molar-refractivity contribution in [3.8, 4) is 21.9 Å². The summed E-state index contributed by atoms with van der Waals surface area (Å²) < 4.78 is 24.3. The molecule has 0 saturated heterocycles. The summed E-state index contributed by atoms with van der Waals surface area (Å²) in [7, 11) is 3.28. The highest BCUT2D eigenvalue weighted by Gasteiger charge is 2.11. The van der Waals surface area contributed by atoms with Crippen LogP contribution < -0.4 is 14.8 Å². The topological polar surface area (TPSA) is 43.4 Å². The van der Waals surface area contributed by atoms with Crippen LogP contribution in [0.25, 0.3) is 10.4 Å². The fourth-order valence-electron chi connectivity index (χ4n) is 2.47. The first-order chi connectivity index (χ1) is 12.2. The van der Waals surface area contributed by atoms with Gasteiger partial charge in [0.05, 0.1) is 19.1 Å². The van der Waals surface area contributed by atoms with Crippen LogP contribution in [0.4, 0.5) is 4.39 Å². The predicted octanol–water partition coefficient (Wildman–Crippen LogP) is 4.26. The molecule has 0 unspecified atom stereocenters. The maximum atomic E-state index is 13.6. The molecule has 25 heavy (non-hydrogen) atoms. The second-order valence-corrected chi connectivity index (χ2v) is 6.49. The van der Waals surface area contributed by atoms with Crippen LogP contribution in [0.15, 0.2) is 48.7 Å². The average molecular weight is 358 g/mol. The lowest BCUT2D eigenvalue weighted by Gasteiger charge is -2.08. The highest BCUT2D eigenvalue weighted by Crippen LogP contribution is 2.36. The van der Waals surface area contributed by atoms with E-state index in [2.05, 4.69) is 10.3 Å². The van der Waals surface area contributed by atoms with Crippen LogP contribution in [0, 0.1) is 5.82 Å². The number of nitrogens with one attached hydrogen (secondary N) is 1. The van der Waals surface area contributed by atoms with Gasteiger partial charge >= 0.3 is 0 Å². The first-order valence-corrected chi connectivity index (χ1v) is 8.64. The van der Waals surface area contributed by atoms with Gasteiger partial charge in [0.25, 0.3) is 0 Å². The molecule has 0 bridgehead atoms. The minimum atomic E-state index is -0.198. The number of rotatable bonds is 7. The fraction of sp³-hybridized carbons (Fsp3) is 0.211. The van der Waals surface area contributed by atoms with Crippen molar-refractivity contribution in [3.63, 3.8) is 0 Å². The number of methoxy groups -OCH3 is 2. The molecule has 0 spiro atoms. The zero-order valence-electron chi connectivity index (χ0n) is 14.1. The molecule has 3 rings (SSSR count). The molecule has 0 amide bonds. The van der Waals surface area contributed by atoms with E-state index in [1.54, 1.807) is 37.7 Å². The number of aromatic nitrogens is 1. The minimum Gasteiger partial charge on any atom is -0.497 e. The molecule has 4 nitrogen and oxygen atoms in total. The average Bonchev–Trinajstić information content (AvgIpc) is 3.11. The van der Waals surface area contributed by atoms with Crippen molar-refractivity contribution >= 4 is 11.3 Å². The van der Waals surface area contributed by atoms with Gasteiger partial charge in [-0.15, -0.1) is 11.3 Å². The van der Waals surface area contributed by atoms with E-state index < -0.39 is 0 Å². The summed E-state index contributed by atoms with van der Waals surface area (Å²) in [4.78, 5) is 5.44. The van der Waals surface area contributed by atoms with Gasteiger partial charge in [-0.2, -0.15) is 0 Å². The van der Waals surface area contributed by atoms with E-state index in [9.17, 15) is 4.39 Å². The monoisotopic (exact) mass is 358 g/mol. The maximum absolute atomic E-state index is 13.6. The van der Waals surface area contributed by atoms with Crippen LogP contribution in [0.1, 0.15) is 10.6 Å². The van der Waals surface area contributed by atoms with Crippen molar-refractivity contribution in [1.82, 2.24) is 10.3 Å². The minimum absolute atomic E-state index is 0.198. The Balaban J connectivity index is 1.69. The molecule has 0 aliphatic heterocycles. The van der Waals surface area contributed by atoms with Gasteiger partial charge in [0.2, 0.25) is 0 Å². The summed E-state index contributed by atoms with van der Waals surface area (Å²) in [6.07, 6.45) is 1.82. The molecule has 0 radical (unpaired) electrons. The molecule has 0 aliphatic carbocycles. The summed E-state index contributed by atoms with van der Waals surface area (Å²) >= 11 is 1.57. The summed E-state index contributed by atoms with van der Waals surface area (Å²) in [5.74, 6) is 1.34. The molecule has 1 N–H and O–H groups in total. The standard InChI is InChI=1S/C19H19FN2O2S/c1-23-14-7-8-17(24-2)15(9-14)18-11-22-19(25-18)12-21-10-13-5-3-4-6-16(13)20/h3-9,11,21H,10,12H2,1-2H3. The van der Waals surface area contributed by atoms with E-state index in [1.807, 2.05) is 30.5 Å². The Morgan fingerprint density at radius 2 is 1.92 bits per heavy atom. The Hall–Kier alpha value is -2.44. The number of hydrogen-bond donors (Lipinski definition) is 1. The molecular formula is C19H19FN2O2S. The molecule has 1 aromatic heterocycles. The zero-order chi connectivity index (χ0) is 17.6. The summed E-state index contributed by atoms with van der Waals surface area (Å²) in [5, 5.41) is 4.15. The van der Waals surface area contributed by atoms with E-state index >= 15 is 0 Å². The Bertz CT molecular complexity index is 851. The molecule has 1 heterocycles. The molecule has 0 atom stereocenters. The first-order valence-electron chi connectivity index (χ1n) is 7.82. The third kappa shape index (κ3) is 4.15. The molecule has 0 aliphatic rings. The highest BCUT2D eigenvalue weighted by molar-refractivity contribution is 7.15. The number of nitrogens with zero attached hydrogens (tertiary/aromatic N) is 1. The summed E-state index contributed by atoms with van der Waals surface area (Å²) in [6, 6.07) is 12.4. The zero-order valence-corrected chi connectivity index (χ0v) is 14.9. The van der Waals surface area contributed by atoms with Gasteiger partial charge in [0.15, 0.2) is 0 Å². The number of thiazole rings is 1. The number of ether oxygens (including phenoxy) is 2. The molecule has 3 aromatic rings. The van der Waals surface area contributed by atoms with Crippen molar-refractivity contribution in [2.45, 2.75) is 13.1 Å². The van der Waals surface area contributed by atoms with Crippen molar-refractivity contribution in [2.75, 3.05) is 14.2 Å². The van der Waals surface area contributed by atoms with E-state index in [-0.39, 0.29) is 5.82 Å². The van der Waals surface area contributed by atoms with E-state index in [1.165, 1.54) is 6.07 Å². The predicted molar refractivity (Wildman–Crippen MR) is 97.6 cm³/mol. The SMILES string of the molecule is COc1ccc(OC)c(-c2cnc(CNCc3ccccc3F)s2)c1. The summed E-state index contributed by atoms with van der Waals surface area (Å²) in [5.41, 5.74) is 1.59. The quantitative estimate of drug-likeness (QED) is 0.685. The normalized spacial score (nSPS) is 10.7. The van der Waals surface area contributed by atoms with Gasteiger partial charge in [-0.3, -0.25) is 0 Å². The van der Waals surface area contributed by atoms with Crippen LogP contribution in [0.2, 0.25) is 0 Å². The Morgan fingerprint density at radius 1 is 1.08 bits per heavy atom. The lowest BCUT2D eigenvalue weighted by Crippen LogP contribution is -2.13. The van der Waals surface area contributed by atoms with E-state index in [0.29, 0.717) is 18.7 Å². The van der Waals surface area contributed by atoms with Crippen LogP contribution in [-0.2, 0) is 13.1 Å². The molecular weight excluding hydrogens is 339 g/mol. The largest absolute Gasteiger partial charge is 0.497 e. The second kappa shape index (κ2) is 8.09. The van der Waals surface area contributed by atoms with Crippen LogP contribution in [-0.4, -0.2) is 19.2 Å². The third-order valence-electron chi connectivity index (χ3n) is 3.78. The number of halogens is 1. The van der Waals surface area contributed by atoms with Gasteiger partial charge in [-0.05, 0) is 24.3 Å². The van der Waals surface area contributed by atoms with Gasteiger partial charge in [0.1, 0.15) is 22.3 Å².